The standard InChI is InChI=1S/C7H4ClFN4O2S/c8-6-2-1-4(16(9,14)15)3-5(6)7-10-12-13-11-7/h1-3H,(H,10,11,12,13). The molecule has 1 aromatic heterocycles. The minimum Gasteiger partial charge on any atom is -0.189 e. The molecule has 0 aliphatic heterocycles. The van der Waals surface area contributed by atoms with E-state index in [4.69, 9.17) is 11.6 Å². The van der Waals surface area contributed by atoms with E-state index in [1.54, 1.807) is 0 Å². The second-order valence-electron chi connectivity index (χ2n) is 2.81. The molecule has 2 aromatic rings. The number of hydrogen-bond donors (Lipinski definition) is 1. The lowest BCUT2D eigenvalue weighted by Crippen LogP contribution is -1.93. The van der Waals surface area contributed by atoms with Crippen LogP contribution >= 0.6 is 11.6 Å². The molecule has 9 heteroatoms. The van der Waals surface area contributed by atoms with Gasteiger partial charge in [-0.05, 0) is 23.4 Å². The lowest BCUT2D eigenvalue weighted by Gasteiger charge is -2.00. The second-order valence-corrected chi connectivity index (χ2v) is 4.57. The molecule has 0 radical (unpaired) electrons. The van der Waals surface area contributed by atoms with E-state index in [1.165, 1.54) is 6.07 Å². The van der Waals surface area contributed by atoms with Gasteiger partial charge in [-0.25, -0.2) is 0 Å². The van der Waals surface area contributed by atoms with Crippen molar-refractivity contribution in [2.75, 3.05) is 0 Å². The van der Waals surface area contributed by atoms with Crippen LogP contribution in [0.4, 0.5) is 3.89 Å². The first-order valence-electron chi connectivity index (χ1n) is 3.96. The zero-order valence-corrected chi connectivity index (χ0v) is 9.13. The van der Waals surface area contributed by atoms with Gasteiger partial charge < -0.3 is 0 Å². The number of benzene rings is 1. The SMILES string of the molecule is O=S(=O)(F)c1ccc(Cl)c(-c2nn[nH]n2)c1. The fourth-order valence-corrected chi connectivity index (χ4v) is 1.79. The first-order valence-corrected chi connectivity index (χ1v) is 5.72. The van der Waals surface area contributed by atoms with Crippen LogP contribution in [0.15, 0.2) is 23.1 Å². The topological polar surface area (TPSA) is 88.6 Å². The quantitative estimate of drug-likeness (QED) is 0.821. The molecule has 0 fully saturated rings. The monoisotopic (exact) mass is 262 g/mol. The summed E-state index contributed by atoms with van der Waals surface area (Å²) in [6, 6.07) is 3.35. The van der Waals surface area contributed by atoms with Crippen LogP contribution in [0.1, 0.15) is 0 Å². The Morgan fingerprint density at radius 2 is 2.12 bits per heavy atom. The molecule has 0 saturated carbocycles. The zero-order valence-electron chi connectivity index (χ0n) is 7.55. The average molecular weight is 263 g/mol. The van der Waals surface area contributed by atoms with Gasteiger partial charge in [0.2, 0.25) is 5.82 Å². The Hall–Kier alpha value is -1.54. The van der Waals surface area contributed by atoms with Crippen molar-refractivity contribution >= 4 is 21.8 Å². The van der Waals surface area contributed by atoms with Gasteiger partial charge in [0.25, 0.3) is 0 Å². The van der Waals surface area contributed by atoms with E-state index >= 15 is 0 Å². The molecule has 0 saturated heterocycles. The molecular formula is C7H4ClFN4O2S. The summed E-state index contributed by atoms with van der Waals surface area (Å²) < 4.78 is 34.1. The van der Waals surface area contributed by atoms with Crippen molar-refractivity contribution in [1.29, 1.82) is 0 Å². The number of halogens is 2. The number of rotatable bonds is 2. The average Bonchev–Trinajstić information content (AvgIpc) is 2.69. The van der Waals surface area contributed by atoms with E-state index in [2.05, 4.69) is 20.6 Å². The number of aromatic nitrogens is 4. The highest BCUT2D eigenvalue weighted by molar-refractivity contribution is 7.86. The largest absolute Gasteiger partial charge is 0.332 e. The van der Waals surface area contributed by atoms with Crippen LogP contribution in [-0.2, 0) is 10.2 Å². The number of hydrogen-bond acceptors (Lipinski definition) is 5. The molecule has 84 valence electrons. The van der Waals surface area contributed by atoms with E-state index in [9.17, 15) is 12.3 Å². The number of tetrazole rings is 1. The lowest BCUT2D eigenvalue weighted by molar-refractivity contribution is 0.552. The Balaban J connectivity index is 2.63. The molecule has 0 atom stereocenters. The number of aromatic amines is 1. The van der Waals surface area contributed by atoms with Crippen LogP contribution in [-0.4, -0.2) is 29.0 Å². The van der Waals surface area contributed by atoms with E-state index in [-0.39, 0.29) is 16.4 Å². The second kappa shape index (κ2) is 3.80. The molecule has 0 amide bonds. The van der Waals surface area contributed by atoms with Crippen LogP contribution in [0.5, 0.6) is 0 Å². The highest BCUT2D eigenvalue weighted by atomic mass is 35.5. The van der Waals surface area contributed by atoms with Gasteiger partial charge in [0.15, 0.2) is 0 Å². The Kier molecular flexibility index (Phi) is 2.60. The molecule has 16 heavy (non-hydrogen) atoms. The van der Waals surface area contributed by atoms with Crippen LogP contribution in [0.2, 0.25) is 5.02 Å². The van der Waals surface area contributed by atoms with Crippen LogP contribution in [0.25, 0.3) is 11.4 Å². The fourth-order valence-electron chi connectivity index (χ4n) is 1.10. The summed E-state index contributed by atoms with van der Waals surface area (Å²) in [5, 5.41) is 12.9. The Bertz CT molecular complexity index is 613. The first-order chi connectivity index (χ1) is 7.48. The third-order valence-corrected chi connectivity index (χ3v) is 2.95. The molecule has 0 unspecified atom stereocenters. The van der Waals surface area contributed by atoms with Crippen molar-refractivity contribution in [3.63, 3.8) is 0 Å². The van der Waals surface area contributed by atoms with Gasteiger partial charge in [0, 0.05) is 5.56 Å². The maximum atomic E-state index is 12.7. The lowest BCUT2D eigenvalue weighted by atomic mass is 10.2. The van der Waals surface area contributed by atoms with Crippen molar-refractivity contribution in [3.8, 4) is 11.4 Å². The maximum absolute atomic E-state index is 12.7. The van der Waals surface area contributed by atoms with Gasteiger partial charge in [-0.1, -0.05) is 11.6 Å². The number of nitrogens with zero attached hydrogens (tertiary/aromatic N) is 3. The van der Waals surface area contributed by atoms with Gasteiger partial charge >= 0.3 is 10.2 Å². The normalized spacial score (nSPS) is 11.6. The van der Waals surface area contributed by atoms with E-state index in [1.807, 2.05) is 0 Å². The molecule has 1 aromatic carbocycles. The highest BCUT2D eigenvalue weighted by Gasteiger charge is 2.16. The summed E-state index contributed by atoms with van der Waals surface area (Å²) in [5.41, 5.74) is 0.189. The summed E-state index contributed by atoms with van der Waals surface area (Å²) in [4.78, 5) is -0.503. The Morgan fingerprint density at radius 3 is 2.69 bits per heavy atom. The minimum absolute atomic E-state index is 0.0931. The summed E-state index contributed by atoms with van der Waals surface area (Å²) in [5.74, 6) is 0.0931. The van der Waals surface area contributed by atoms with Crippen molar-refractivity contribution < 1.29 is 12.3 Å². The van der Waals surface area contributed by atoms with Crippen LogP contribution in [0, 0.1) is 0 Å². The van der Waals surface area contributed by atoms with Gasteiger partial charge in [-0.15, -0.1) is 14.1 Å². The predicted molar refractivity (Wildman–Crippen MR) is 52.9 cm³/mol. The van der Waals surface area contributed by atoms with Crippen LogP contribution < -0.4 is 0 Å². The third kappa shape index (κ3) is 2.02. The molecular weight excluding hydrogens is 259 g/mol. The maximum Gasteiger partial charge on any atom is 0.332 e. The summed E-state index contributed by atoms with van der Waals surface area (Å²) in [6.07, 6.45) is 0. The third-order valence-electron chi connectivity index (χ3n) is 1.81. The van der Waals surface area contributed by atoms with Crippen LogP contribution in [0.3, 0.4) is 0 Å². The zero-order chi connectivity index (χ0) is 11.8. The summed E-state index contributed by atoms with van der Waals surface area (Å²) in [7, 11) is -4.78. The van der Waals surface area contributed by atoms with E-state index < -0.39 is 15.1 Å². The van der Waals surface area contributed by atoms with Gasteiger partial charge in [-0.2, -0.15) is 13.6 Å². The molecule has 0 bridgehead atoms. The summed E-state index contributed by atoms with van der Waals surface area (Å²) in [6.45, 7) is 0. The highest BCUT2D eigenvalue weighted by Crippen LogP contribution is 2.27. The minimum atomic E-state index is -4.78. The van der Waals surface area contributed by atoms with Gasteiger partial charge in [0.1, 0.15) is 0 Å². The molecule has 1 heterocycles. The fraction of sp³-hybridized carbons (Fsp3) is 0. The molecule has 2 rings (SSSR count). The van der Waals surface area contributed by atoms with Gasteiger partial charge in [0.05, 0.1) is 9.92 Å². The van der Waals surface area contributed by atoms with E-state index in [0.717, 1.165) is 12.1 Å². The van der Waals surface area contributed by atoms with Crippen molar-refractivity contribution in [3.05, 3.63) is 23.2 Å². The predicted octanol–water partition coefficient (Wildman–Crippen LogP) is 1.18. The first kappa shape index (κ1) is 11.0. The van der Waals surface area contributed by atoms with Crippen molar-refractivity contribution in [2.24, 2.45) is 0 Å². The number of nitrogens with one attached hydrogen (secondary N) is 1. The number of H-pyrrole nitrogens is 1. The molecule has 0 aliphatic rings. The molecule has 0 aliphatic carbocycles. The van der Waals surface area contributed by atoms with Gasteiger partial charge in [-0.3, -0.25) is 0 Å². The molecule has 0 spiro atoms. The van der Waals surface area contributed by atoms with Crippen molar-refractivity contribution in [2.45, 2.75) is 4.90 Å². The summed E-state index contributed by atoms with van der Waals surface area (Å²) >= 11 is 5.80. The Morgan fingerprint density at radius 1 is 1.38 bits per heavy atom. The molecule has 1 N–H and O–H groups in total. The Labute approximate surface area is 94.7 Å². The van der Waals surface area contributed by atoms with E-state index in [0.29, 0.717) is 0 Å². The van der Waals surface area contributed by atoms with Crippen molar-refractivity contribution in [1.82, 2.24) is 20.6 Å². The molecule has 6 nitrogen and oxygen atoms in total. The smallest absolute Gasteiger partial charge is 0.189 e.